The highest BCUT2D eigenvalue weighted by Gasteiger charge is 2.15. The highest BCUT2D eigenvalue weighted by atomic mass is 14.8. The van der Waals surface area contributed by atoms with Crippen molar-refractivity contribution >= 4 is 46.4 Å². The van der Waals surface area contributed by atoms with E-state index in [9.17, 15) is 0 Å². The van der Waals surface area contributed by atoms with E-state index in [2.05, 4.69) is 88.6 Å². The van der Waals surface area contributed by atoms with E-state index >= 15 is 0 Å². The van der Waals surface area contributed by atoms with Crippen molar-refractivity contribution in [3.8, 4) is 22.3 Å². The summed E-state index contributed by atoms with van der Waals surface area (Å²) >= 11 is 0. The van der Waals surface area contributed by atoms with E-state index in [1.807, 2.05) is 42.7 Å². The molecule has 7 rings (SSSR count). The van der Waals surface area contributed by atoms with Crippen LogP contribution >= 0.6 is 0 Å². The quantitative estimate of drug-likeness (QED) is 0.268. The molecular formula is C32H23N5. The Bertz CT molecular complexity index is 1870. The molecule has 0 amide bonds. The summed E-state index contributed by atoms with van der Waals surface area (Å²) in [6.45, 7) is 2.11. The van der Waals surface area contributed by atoms with Crippen LogP contribution in [-0.2, 0) is 0 Å². The molecule has 176 valence electrons. The standard InChI is InChI=1S/C32H23N5/c1-20-2-4-22(5-3-20)31-30-11-10-27(36-30)17-25-7-6-23(34-25)16-24-8-9-26(35-24)18-28-19-29(32(31)37-28)21-12-14-33-15-13-21/h2-19,35,37H,1H3. The van der Waals surface area contributed by atoms with Crippen LogP contribution in [-0.4, -0.2) is 24.9 Å². The van der Waals surface area contributed by atoms with Crippen LogP contribution in [0.15, 0.2) is 85.2 Å². The first-order valence-corrected chi connectivity index (χ1v) is 12.3. The van der Waals surface area contributed by atoms with Crippen LogP contribution in [0.25, 0.3) is 68.6 Å². The lowest BCUT2D eigenvalue weighted by molar-refractivity contribution is 1.27. The number of nitrogens with zero attached hydrogens (tertiary/aromatic N) is 3. The predicted molar refractivity (Wildman–Crippen MR) is 152 cm³/mol. The van der Waals surface area contributed by atoms with E-state index in [1.54, 1.807) is 0 Å². The molecule has 0 atom stereocenters. The number of aryl methyl sites for hydroxylation is 1. The molecule has 5 aromatic rings. The van der Waals surface area contributed by atoms with Gasteiger partial charge in [0, 0.05) is 40.1 Å². The van der Waals surface area contributed by atoms with E-state index in [1.165, 1.54) is 5.56 Å². The van der Waals surface area contributed by atoms with Gasteiger partial charge in [0.1, 0.15) is 0 Å². The van der Waals surface area contributed by atoms with Gasteiger partial charge < -0.3 is 9.97 Å². The van der Waals surface area contributed by atoms with Crippen molar-refractivity contribution in [1.82, 2.24) is 24.9 Å². The summed E-state index contributed by atoms with van der Waals surface area (Å²) in [5.41, 5.74) is 13.2. The minimum Gasteiger partial charge on any atom is -0.355 e. The number of rotatable bonds is 2. The summed E-state index contributed by atoms with van der Waals surface area (Å²) in [7, 11) is 0. The van der Waals surface area contributed by atoms with Crippen LogP contribution in [0.4, 0.5) is 0 Å². The number of aromatic nitrogens is 5. The molecule has 1 aromatic carbocycles. The van der Waals surface area contributed by atoms with E-state index in [0.29, 0.717) is 0 Å². The summed E-state index contributed by atoms with van der Waals surface area (Å²) in [5.74, 6) is 0. The maximum Gasteiger partial charge on any atom is 0.0737 e. The lowest BCUT2D eigenvalue weighted by Gasteiger charge is -2.07. The summed E-state index contributed by atoms with van der Waals surface area (Å²) in [4.78, 5) is 21.2. The third kappa shape index (κ3) is 4.06. The Kier molecular flexibility index (Phi) is 4.93. The maximum absolute atomic E-state index is 5.04. The normalized spacial score (nSPS) is 12.2. The van der Waals surface area contributed by atoms with E-state index < -0.39 is 0 Å². The zero-order valence-corrected chi connectivity index (χ0v) is 20.2. The van der Waals surface area contributed by atoms with Crippen molar-refractivity contribution in [3.63, 3.8) is 0 Å². The van der Waals surface area contributed by atoms with Gasteiger partial charge in [0.25, 0.3) is 0 Å². The molecule has 0 fully saturated rings. The van der Waals surface area contributed by atoms with Crippen molar-refractivity contribution in [2.75, 3.05) is 0 Å². The molecule has 5 heteroatoms. The third-order valence-corrected chi connectivity index (χ3v) is 6.66. The summed E-state index contributed by atoms with van der Waals surface area (Å²) in [6, 6.07) is 25.3. The number of nitrogens with one attached hydrogen (secondary N) is 2. The Hall–Kier alpha value is -5.03. The first-order chi connectivity index (χ1) is 18.2. The number of hydrogen-bond acceptors (Lipinski definition) is 3. The highest BCUT2D eigenvalue weighted by Crippen LogP contribution is 2.36. The molecule has 0 saturated heterocycles. The minimum absolute atomic E-state index is 0.877. The molecule has 4 aromatic heterocycles. The Labute approximate surface area is 214 Å². The Morgan fingerprint density at radius 1 is 0.568 bits per heavy atom. The Morgan fingerprint density at radius 3 is 2.08 bits per heavy atom. The first-order valence-electron chi connectivity index (χ1n) is 12.3. The average Bonchev–Trinajstić information content (AvgIpc) is 3.71. The van der Waals surface area contributed by atoms with Gasteiger partial charge in [-0.2, -0.15) is 0 Å². The van der Waals surface area contributed by atoms with E-state index in [0.717, 1.165) is 67.1 Å². The molecule has 6 heterocycles. The van der Waals surface area contributed by atoms with Gasteiger partial charge in [0.05, 0.1) is 28.3 Å². The third-order valence-electron chi connectivity index (χ3n) is 6.66. The average molecular weight is 478 g/mol. The Balaban J connectivity index is 1.64. The van der Waals surface area contributed by atoms with Crippen molar-refractivity contribution in [2.24, 2.45) is 0 Å². The van der Waals surface area contributed by atoms with Crippen molar-refractivity contribution in [3.05, 3.63) is 114 Å². The zero-order valence-electron chi connectivity index (χ0n) is 20.2. The van der Waals surface area contributed by atoms with Crippen LogP contribution in [0.5, 0.6) is 0 Å². The molecule has 0 aliphatic carbocycles. The second kappa shape index (κ2) is 8.57. The molecule has 2 aliphatic rings. The van der Waals surface area contributed by atoms with Crippen LogP contribution in [0.1, 0.15) is 28.3 Å². The second-order valence-electron chi connectivity index (χ2n) is 9.34. The minimum atomic E-state index is 0.877. The molecule has 37 heavy (non-hydrogen) atoms. The van der Waals surface area contributed by atoms with Crippen LogP contribution < -0.4 is 0 Å². The lowest BCUT2D eigenvalue weighted by atomic mass is 9.98. The van der Waals surface area contributed by atoms with Crippen LogP contribution in [0.2, 0.25) is 0 Å². The monoisotopic (exact) mass is 477 g/mol. The number of fused-ring (bicyclic) bond motifs is 8. The fourth-order valence-corrected chi connectivity index (χ4v) is 4.88. The number of aromatic amines is 2. The largest absolute Gasteiger partial charge is 0.355 e. The van der Waals surface area contributed by atoms with Crippen molar-refractivity contribution < 1.29 is 0 Å². The second-order valence-corrected chi connectivity index (χ2v) is 9.34. The molecule has 2 aliphatic heterocycles. The SMILES string of the molecule is Cc1ccc(-c2c3nc(cc4nc(cc5ccc(cc6cc(-c7ccncc7)c2[nH]6)[nH]5)C=C4)C=C3)cc1. The zero-order chi connectivity index (χ0) is 24.8. The first kappa shape index (κ1) is 21.3. The van der Waals surface area contributed by atoms with Gasteiger partial charge in [0.2, 0.25) is 0 Å². The van der Waals surface area contributed by atoms with Crippen LogP contribution in [0.3, 0.4) is 0 Å². The topological polar surface area (TPSA) is 70.2 Å². The summed E-state index contributed by atoms with van der Waals surface area (Å²) < 4.78 is 0. The van der Waals surface area contributed by atoms with Gasteiger partial charge >= 0.3 is 0 Å². The van der Waals surface area contributed by atoms with Crippen molar-refractivity contribution in [2.45, 2.75) is 6.92 Å². The molecule has 2 N–H and O–H groups in total. The number of benzene rings is 1. The Morgan fingerprint density at radius 2 is 1.27 bits per heavy atom. The molecule has 8 bridgehead atoms. The van der Waals surface area contributed by atoms with Gasteiger partial charge in [-0.05, 0) is 90.9 Å². The number of hydrogen-bond donors (Lipinski definition) is 2. The maximum atomic E-state index is 5.04. The van der Waals surface area contributed by atoms with Gasteiger partial charge in [-0.15, -0.1) is 0 Å². The molecule has 0 spiro atoms. The molecule has 0 unspecified atom stereocenters. The number of pyridine rings is 1. The molecular weight excluding hydrogens is 454 g/mol. The van der Waals surface area contributed by atoms with Gasteiger partial charge in [0.15, 0.2) is 0 Å². The van der Waals surface area contributed by atoms with Crippen LogP contribution in [0, 0.1) is 6.92 Å². The highest BCUT2D eigenvalue weighted by molar-refractivity contribution is 5.99. The summed E-state index contributed by atoms with van der Waals surface area (Å²) in [6.07, 6.45) is 11.9. The van der Waals surface area contributed by atoms with Crippen molar-refractivity contribution in [1.29, 1.82) is 0 Å². The van der Waals surface area contributed by atoms with E-state index in [4.69, 9.17) is 9.97 Å². The number of H-pyrrole nitrogens is 2. The fraction of sp³-hybridized carbons (Fsp3) is 0.0312. The van der Waals surface area contributed by atoms with Gasteiger partial charge in [-0.3, -0.25) is 4.98 Å². The summed E-state index contributed by atoms with van der Waals surface area (Å²) in [5, 5.41) is 0. The predicted octanol–water partition coefficient (Wildman–Crippen LogP) is 7.69. The molecule has 0 radical (unpaired) electrons. The molecule has 0 saturated carbocycles. The van der Waals surface area contributed by atoms with E-state index in [-0.39, 0.29) is 0 Å². The van der Waals surface area contributed by atoms with Gasteiger partial charge in [-0.25, -0.2) is 9.97 Å². The molecule has 5 nitrogen and oxygen atoms in total. The lowest BCUT2D eigenvalue weighted by Crippen LogP contribution is -1.88. The van der Waals surface area contributed by atoms with Gasteiger partial charge in [-0.1, -0.05) is 29.8 Å². The fourth-order valence-electron chi connectivity index (χ4n) is 4.88. The smallest absolute Gasteiger partial charge is 0.0737 e.